The van der Waals surface area contributed by atoms with Crippen LogP contribution in [0.1, 0.15) is 181 Å². The number of carbonyl (C=O) groups excluding carboxylic acids is 1. The van der Waals surface area contributed by atoms with Gasteiger partial charge in [-0.25, -0.2) is 0 Å². The summed E-state index contributed by atoms with van der Waals surface area (Å²) in [6.45, 7) is 4.29. The molecule has 0 saturated heterocycles. The van der Waals surface area contributed by atoms with Gasteiger partial charge in [-0.3, -0.25) is 4.79 Å². The molecule has 0 aliphatic heterocycles. The molecule has 0 spiro atoms. The van der Waals surface area contributed by atoms with Gasteiger partial charge < -0.3 is 15.5 Å². The van der Waals surface area contributed by atoms with Crippen molar-refractivity contribution in [3.05, 3.63) is 24.3 Å². The van der Waals surface area contributed by atoms with Crippen molar-refractivity contribution in [3.8, 4) is 0 Å². The van der Waals surface area contributed by atoms with E-state index in [1.807, 2.05) is 0 Å². The molecule has 0 unspecified atom stereocenters. The molecule has 4 heteroatoms. The second-order valence-corrected chi connectivity index (χ2v) is 11.9. The number of hydrogen-bond donors (Lipinski definition) is 3. The summed E-state index contributed by atoms with van der Waals surface area (Å²) in [6, 6.07) is -0.548. The van der Waals surface area contributed by atoms with E-state index < -0.39 is 12.1 Å². The lowest BCUT2D eigenvalue weighted by Gasteiger charge is -2.22. The lowest BCUT2D eigenvalue weighted by Crippen LogP contribution is -2.45. The van der Waals surface area contributed by atoms with Crippen LogP contribution < -0.4 is 5.32 Å². The summed E-state index contributed by atoms with van der Waals surface area (Å²) in [7, 11) is 0. The van der Waals surface area contributed by atoms with Gasteiger partial charge in [-0.1, -0.05) is 134 Å². The average molecular weight is 564 g/mol. The Kier molecular flexibility index (Phi) is 31.5. The van der Waals surface area contributed by atoms with Gasteiger partial charge in [-0.05, 0) is 64.2 Å². The molecule has 2 atom stereocenters. The van der Waals surface area contributed by atoms with E-state index in [0.717, 1.165) is 38.5 Å². The van der Waals surface area contributed by atoms with E-state index >= 15 is 0 Å². The summed E-state index contributed by atoms with van der Waals surface area (Å²) < 4.78 is 0. The highest BCUT2D eigenvalue weighted by atomic mass is 16.3. The SMILES string of the molecule is CCCCC/C=C/CCCC[C@@H](O)[C@H](CO)NC(=O)CCCCCCCCCCC/C=C/CCCCCCCC. The van der Waals surface area contributed by atoms with Crippen molar-refractivity contribution in [2.75, 3.05) is 6.61 Å². The van der Waals surface area contributed by atoms with Crippen molar-refractivity contribution < 1.29 is 15.0 Å². The number of nitrogens with one attached hydrogen (secondary N) is 1. The van der Waals surface area contributed by atoms with Crippen LogP contribution in [0.5, 0.6) is 0 Å². The van der Waals surface area contributed by atoms with Crippen LogP contribution in [-0.2, 0) is 4.79 Å². The van der Waals surface area contributed by atoms with Crippen LogP contribution in [0.3, 0.4) is 0 Å². The van der Waals surface area contributed by atoms with Crippen molar-refractivity contribution >= 4 is 5.91 Å². The summed E-state index contributed by atoms with van der Waals surface area (Å²) in [5.74, 6) is -0.0471. The molecule has 0 bridgehead atoms. The minimum Gasteiger partial charge on any atom is -0.394 e. The fourth-order valence-electron chi connectivity index (χ4n) is 5.17. The topological polar surface area (TPSA) is 69.6 Å². The number of amides is 1. The minimum absolute atomic E-state index is 0.0471. The highest BCUT2D eigenvalue weighted by Crippen LogP contribution is 2.13. The summed E-state index contributed by atoms with van der Waals surface area (Å²) in [6.07, 6.45) is 39.5. The van der Waals surface area contributed by atoms with Gasteiger partial charge in [0.1, 0.15) is 0 Å². The van der Waals surface area contributed by atoms with E-state index in [9.17, 15) is 15.0 Å². The van der Waals surface area contributed by atoms with Gasteiger partial charge in [0.2, 0.25) is 5.91 Å². The van der Waals surface area contributed by atoms with Crippen LogP contribution in [0.15, 0.2) is 24.3 Å². The third-order valence-electron chi connectivity index (χ3n) is 7.93. The zero-order valence-electron chi connectivity index (χ0n) is 26.9. The predicted octanol–water partition coefficient (Wildman–Crippen LogP) is 10.1. The zero-order chi connectivity index (χ0) is 29.4. The Hall–Kier alpha value is -1.13. The second kappa shape index (κ2) is 32.4. The van der Waals surface area contributed by atoms with E-state index in [1.54, 1.807) is 0 Å². The molecule has 0 fully saturated rings. The van der Waals surface area contributed by atoms with Gasteiger partial charge in [-0.15, -0.1) is 0 Å². The molecule has 0 radical (unpaired) electrons. The molecule has 3 N–H and O–H groups in total. The zero-order valence-corrected chi connectivity index (χ0v) is 26.9. The third-order valence-corrected chi connectivity index (χ3v) is 7.93. The van der Waals surface area contributed by atoms with E-state index in [1.165, 1.54) is 116 Å². The molecule has 0 rings (SSSR count). The molecule has 40 heavy (non-hydrogen) atoms. The molecule has 236 valence electrons. The Bertz CT molecular complexity index is 574. The first-order valence-electron chi connectivity index (χ1n) is 17.5. The van der Waals surface area contributed by atoms with Crippen LogP contribution in [0.4, 0.5) is 0 Å². The van der Waals surface area contributed by atoms with Crippen LogP contribution in [0.2, 0.25) is 0 Å². The minimum atomic E-state index is -0.677. The maximum absolute atomic E-state index is 12.3. The smallest absolute Gasteiger partial charge is 0.220 e. The number of aliphatic hydroxyl groups is 2. The number of rotatable bonds is 31. The maximum atomic E-state index is 12.3. The van der Waals surface area contributed by atoms with Gasteiger partial charge in [0, 0.05) is 6.42 Å². The summed E-state index contributed by atoms with van der Waals surface area (Å²) in [5.41, 5.74) is 0. The standard InChI is InChI=1S/C36H69NO3/c1-3-5-7-9-11-13-14-15-16-17-18-19-20-21-22-24-26-28-30-32-36(40)37-34(33-38)35(39)31-29-27-25-23-12-10-8-6-4-2/h12,15-16,23,34-35,38-39H,3-11,13-14,17-22,24-33H2,1-2H3,(H,37,40)/b16-15+,23-12+/t34-,35+/m0/s1. The van der Waals surface area contributed by atoms with Crippen molar-refractivity contribution in [1.82, 2.24) is 5.32 Å². The maximum Gasteiger partial charge on any atom is 0.220 e. The fraction of sp³-hybridized carbons (Fsp3) is 0.861. The van der Waals surface area contributed by atoms with Gasteiger partial charge >= 0.3 is 0 Å². The number of allylic oxidation sites excluding steroid dienone is 4. The molecule has 0 aromatic heterocycles. The van der Waals surface area contributed by atoms with Crippen molar-refractivity contribution in [2.45, 2.75) is 193 Å². The first-order chi connectivity index (χ1) is 19.7. The third kappa shape index (κ3) is 28.4. The first kappa shape index (κ1) is 38.9. The predicted molar refractivity (Wildman–Crippen MR) is 175 cm³/mol. The molecule has 4 nitrogen and oxygen atoms in total. The Morgan fingerprint density at radius 3 is 1.43 bits per heavy atom. The van der Waals surface area contributed by atoms with E-state index in [0.29, 0.717) is 12.8 Å². The van der Waals surface area contributed by atoms with Gasteiger partial charge in [0.05, 0.1) is 18.8 Å². The van der Waals surface area contributed by atoms with Gasteiger partial charge in [0.15, 0.2) is 0 Å². The summed E-state index contributed by atoms with van der Waals surface area (Å²) in [4.78, 5) is 12.3. The van der Waals surface area contributed by atoms with Crippen molar-refractivity contribution in [1.29, 1.82) is 0 Å². The Morgan fingerprint density at radius 1 is 0.575 bits per heavy atom. The first-order valence-corrected chi connectivity index (χ1v) is 17.5. The average Bonchev–Trinajstić information content (AvgIpc) is 2.96. The Labute approximate surface area is 249 Å². The highest BCUT2D eigenvalue weighted by molar-refractivity contribution is 5.76. The molecule has 0 aromatic carbocycles. The quantitative estimate of drug-likeness (QED) is 0.0580. The van der Waals surface area contributed by atoms with E-state index in [4.69, 9.17) is 0 Å². The van der Waals surface area contributed by atoms with Crippen LogP contribution >= 0.6 is 0 Å². The molecule has 0 aliphatic carbocycles. The lowest BCUT2D eigenvalue weighted by atomic mass is 10.0. The lowest BCUT2D eigenvalue weighted by molar-refractivity contribution is -0.123. The number of carbonyl (C=O) groups is 1. The van der Waals surface area contributed by atoms with Crippen LogP contribution in [-0.4, -0.2) is 34.9 Å². The molecule has 0 saturated carbocycles. The molecular formula is C36H69NO3. The highest BCUT2D eigenvalue weighted by Gasteiger charge is 2.19. The van der Waals surface area contributed by atoms with Crippen LogP contribution in [0, 0.1) is 0 Å². The normalized spacial score (nSPS) is 13.4. The molecule has 0 heterocycles. The largest absolute Gasteiger partial charge is 0.394 e. The van der Waals surface area contributed by atoms with Crippen LogP contribution in [0.25, 0.3) is 0 Å². The van der Waals surface area contributed by atoms with E-state index in [2.05, 4.69) is 43.5 Å². The monoisotopic (exact) mass is 564 g/mol. The van der Waals surface area contributed by atoms with Crippen molar-refractivity contribution in [2.24, 2.45) is 0 Å². The molecule has 1 amide bonds. The van der Waals surface area contributed by atoms with Crippen molar-refractivity contribution in [3.63, 3.8) is 0 Å². The Morgan fingerprint density at radius 2 is 0.950 bits per heavy atom. The number of aliphatic hydroxyl groups excluding tert-OH is 2. The van der Waals surface area contributed by atoms with Gasteiger partial charge in [0.25, 0.3) is 0 Å². The fourth-order valence-corrected chi connectivity index (χ4v) is 5.17. The molecule has 0 aliphatic rings. The van der Waals surface area contributed by atoms with Gasteiger partial charge in [-0.2, -0.15) is 0 Å². The number of hydrogen-bond acceptors (Lipinski definition) is 3. The molecular weight excluding hydrogens is 494 g/mol. The summed E-state index contributed by atoms with van der Waals surface area (Å²) in [5, 5.41) is 22.9. The second-order valence-electron chi connectivity index (χ2n) is 11.9. The number of unbranched alkanes of at least 4 members (excludes halogenated alkanes) is 20. The van der Waals surface area contributed by atoms with E-state index in [-0.39, 0.29) is 12.5 Å². The Balaban J connectivity index is 3.55. The molecule has 0 aromatic rings. The summed E-state index contributed by atoms with van der Waals surface area (Å²) >= 11 is 0.